The third-order valence-corrected chi connectivity index (χ3v) is 4.68. The Morgan fingerprint density at radius 2 is 1.39 bits per heavy atom. The molecule has 0 heterocycles. The van der Waals surface area contributed by atoms with E-state index >= 15 is 0 Å². The zero-order valence-corrected chi connectivity index (χ0v) is 19.4. The zero-order chi connectivity index (χ0) is 21.3. The molecule has 0 aromatic carbocycles. The molecule has 28 heavy (non-hydrogen) atoms. The summed E-state index contributed by atoms with van der Waals surface area (Å²) in [5.41, 5.74) is 6.35. The molecule has 0 aliphatic heterocycles. The molecule has 0 bridgehead atoms. The summed E-state index contributed by atoms with van der Waals surface area (Å²) in [5.74, 6) is 0.994. The highest BCUT2D eigenvalue weighted by molar-refractivity contribution is 5.60. The van der Waals surface area contributed by atoms with Gasteiger partial charge in [-0.25, -0.2) is 0 Å². The lowest BCUT2D eigenvalue weighted by Crippen LogP contribution is -2.59. The normalized spacial score (nSPS) is 17.5. The van der Waals surface area contributed by atoms with Gasteiger partial charge in [-0.1, -0.05) is 34.6 Å². The van der Waals surface area contributed by atoms with Crippen molar-refractivity contribution in [2.75, 3.05) is 65.4 Å². The van der Waals surface area contributed by atoms with Crippen molar-refractivity contribution in [3.63, 3.8) is 0 Å². The van der Waals surface area contributed by atoms with E-state index in [0.717, 1.165) is 58.9 Å². The van der Waals surface area contributed by atoms with Crippen LogP contribution in [0.3, 0.4) is 0 Å². The molecule has 0 rings (SSSR count). The number of likely N-dealkylation sites (N-methyl/N-ethyl adjacent to an activating group) is 1. The first kappa shape index (κ1) is 27.4. The van der Waals surface area contributed by atoms with Gasteiger partial charge >= 0.3 is 0 Å². The van der Waals surface area contributed by atoms with Crippen molar-refractivity contribution >= 4 is 6.21 Å². The van der Waals surface area contributed by atoms with Gasteiger partial charge in [0.15, 0.2) is 0 Å². The predicted octanol–water partition coefficient (Wildman–Crippen LogP) is 0.423. The minimum absolute atomic E-state index is 0.391. The third-order valence-electron chi connectivity index (χ3n) is 4.68. The maximum absolute atomic E-state index is 6.74. The number of aliphatic imine (C=N–C) groups is 1. The Bertz CT molecular complexity index is 378. The molecule has 0 aromatic rings. The van der Waals surface area contributed by atoms with Crippen molar-refractivity contribution < 1.29 is 0 Å². The number of hydrogen-bond acceptors (Lipinski definition) is 7. The van der Waals surface area contributed by atoms with E-state index in [1.165, 1.54) is 0 Å². The van der Waals surface area contributed by atoms with Crippen LogP contribution in [-0.2, 0) is 0 Å². The molecule has 0 saturated heterocycles. The summed E-state index contributed by atoms with van der Waals surface area (Å²) in [4.78, 5) is 4.68. The monoisotopic (exact) mass is 399 g/mol. The summed E-state index contributed by atoms with van der Waals surface area (Å²) in [6.07, 6.45) is 2.04. The van der Waals surface area contributed by atoms with Crippen molar-refractivity contribution in [3.8, 4) is 0 Å². The van der Waals surface area contributed by atoms with Crippen LogP contribution in [0, 0.1) is 11.8 Å². The Morgan fingerprint density at radius 1 is 0.821 bits per heavy atom. The second kappa shape index (κ2) is 17.3. The SMILES string of the molecule is CCNCC(C)C=NC[C@](N)(CNCC(C)CNCC)CNCC(C)NCC. The molecule has 0 fully saturated rings. The highest BCUT2D eigenvalue weighted by atomic mass is 15.0. The molecule has 0 aliphatic carbocycles. The van der Waals surface area contributed by atoms with Crippen LogP contribution in [-0.4, -0.2) is 83.2 Å². The molecule has 7 N–H and O–H groups in total. The standard InChI is InChI=1S/C21H49N7/c1-7-23-10-18(4)12-25-15-21(22,17-27-14-20(6)28-9-3)16-26-13-19(5)11-24-8-2/h12,18-20,23-24,26-28H,7-11,13-17,22H2,1-6H3/t18?,19?,20?,21-/m0/s1. The molecule has 0 radical (unpaired) electrons. The van der Waals surface area contributed by atoms with Crippen LogP contribution in [0.5, 0.6) is 0 Å². The zero-order valence-electron chi connectivity index (χ0n) is 19.4. The first-order valence-electron chi connectivity index (χ1n) is 11.2. The van der Waals surface area contributed by atoms with Gasteiger partial charge in [0.25, 0.3) is 0 Å². The summed E-state index contributed by atoms with van der Waals surface area (Å²) < 4.78 is 0. The predicted molar refractivity (Wildman–Crippen MR) is 125 cm³/mol. The molecule has 0 saturated carbocycles. The molecule has 7 heteroatoms. The second-order valence-electron chi connectivity index (χ2n) is 8.27. The minimum atomic E-state index is -0.391. The van der Waals surface area contributed by atoms with E-state index in [4.69, 9.17) is 5.73 Å². The summed E-state index contributed by atoms with van der Waals surface area (Å²) >= 11 is 0. The molecule has 4 atom stereocenters. The van der Waals surface area contributed by atoms with Crippen molar-refractivity contribution in [1.29, 1.82) is 0 Å². The number of nitrogens with two attached hydrogens (primary N) is 1. The summed E-state index contributed by atoms with van der Waals surface area (Å²) in [7, 11) is 0. The van der Waals surface area contributed by atoms with Crippen molar-refractivity contribution in [3.05, 3.63) is 0 Å². The van der Waals surface area contributed by atoms with Crippen molar-refractivity contribution in [2.24, 2.45) is 22.6 Å². The maximum Gasteiger partial charge on any atom is 0.0604 e. The number of hydrogen-bond donors (Lipinski definition) is 6. The van der Waals surface area contributed by atoms with E-state index in [0.29, 0.717) is 24.4 Å². The quantitative estimate of drug-likeness (QED) is 0.176. The average molecular weight is 400 g/mol. The van der Waals surface area contributed by atoms with Gasteiger partial charge in [0.2, 0.25) is 0 Å². The number of nitrogens with zero attached hydrogens (tertiary/aromatic N) is 1. The molecule has 3 unspecified atom stereocenters. The lowest BCUT2D eigenvalue weighted by molar-refractivity contribution is 0.356. The molecular weight excluding hydrogens is 350 g/mol. The van der Waals surface area contributed by atoms with E-state index in [-0.39, 0.29) is 0 Å². The molecule has 0 aliphatic rings. The van der Waals surface area contributed by atoms with Gasteiger partial charge in [0, 0.05) is 44.4 Å². The van der Waals surface area contributed by atoms with Crippen molar-refractivity contribution in [2.45, 2.75) is 53.1 Å². The molecular formula is C21H49N7. The number of nitrogens with one attached hydrogen (secondary N) is 5. The van der Waals surface area contributed by atoms with Gasteiger partial charge in [-0.2, -0.15) is 0 Å². The summed E-state index contributed by atoms with van der Waals surface area (Å²) in [6, 6.07) is 0.436. The van der Waals surface area contributed by atoms with Crippen LogP contribution in [0.2, 0.25) is 0 Å². The van der Waals surface area contributed by atoms with Crippen LogP contribution in [0.15, 0.2) is 4.99 Å². The van der Waals surface area contributed by atoms with E-state index in [9.17, 15) is 0 Å². The third kappa shape index (κ3) is 15.4. The largest absolute Gasteiger partial charge is 0.321 e. The lowest BCUT2D eigenvalue weighted by atomic mass is 10.00. The van der Waals surface area contributed by atoms with Crippen LogP contribution >= 0.6 is 0 Å². The Balaban J connectivity index is 4.55. The molecule has 0 spiro atoms. The maximum atomic E-state index is 6.74. The second-order valence-corrected chi connectivity index (χ2v) is 8.27. The summed E-state index contributed by atoms with van der Waals surface area (Å²) in [5, 5.41) is 17.3. The first-order valence-corrected chi connectivity index (χ1v) is 11.2. The number of rotatable bonds is 19. The highest BCUT2D eigenvalue weighted by Crippen LogP contribution is 2.01. The van der Waals surface area contributed by atoms with Crippen LogP contribution < -0.4 is 32.3 Å². The van der Waals surface area contributed by atoms with Crippen LogP contribution in [0.4, 0.5) is 0 Å². The fourth-order valence-electron chi connectivity index (χ4n) is 3.00. The van der Waals surface area contributed by atoms with E-state index in [1.54, 1.807) is 0 Å². The average Bonchev–Trinajstić information content (AvgIpc) is 2.65. The van der Waals surface area contributed by atoms with Gasteiger partial charge in [-0.15, -0.1) is 0 Å². The first-order chi connectivity index (χ1) is 13.4. The van der Waals surface area contributed by atoms with Gasteiger partial charge < -0.3 is 32.3 Å². The van der Waals surface area contributed by atoms with Gasteiger partial charge in [-0.05, 0) is 45.6 Å². The Kier molecular flexibility index (Phi) is 16.9. The van der Waals surface area contributed by atoms with E-state index in [1.807, 2.05) is 6.21 Å². The summed E-state index contributed by atoms with van der Waals surface area (Å²) in [6.45, 7) is 22.0. The smallest absolute Gasteiger partial charge is 0.0604 e. The topological polar surface area (TPSA) is 98.5 Å². The van der Waals surface area contributed by atoms with E-state index in [2.05, 4.69) is 73.1 Å². The van der Waals surface area contributed by atoms with Crippen LogP contribution in [0.25, 0.3) is 0 Å². The Morgan fingerprint density at radius 3 is 2.00 bits per heavy atom. The minimum Gasteiger partial charge on any atom is -0.321 e. The van der Waals surface area contributed by atoms with Crippen molar-refractivity contribution in [1.82, 2.24) is 26.6 Å². The molecule has 168 valence electrons. The molecule has 0 amide bonds. The fourth-order valence-corrected chi connectivity index (χ4v) is 3.00. The van der Waals surface area contributed by atoms with E-state index < -0.39 is 5.54 Å². The van der Waals surface area contributed by atoms with Gasteiger partial charge in [0.05, 0.1) is 12.1 Å². The van der Waals surface area contributed by atoms with Gasteiger partial charge in [-0.3, -0.25) is 4.99 Å². The Labute approximate surface area is 174 Å². The molecule has 0 aromatic heterocycles. The molecule has 7 nitrogen and oxygen atoms in total. The highest BCUT2D eigenvalue weighted by Gasteiger charge is 2.24. The van der Waals surface area contributed by atoms with Crippen LogP contribution in [0.1, 0.15) is 41.5 Å². The fraction of sp³-hybridized carbons (Fsp3) is 0.952. The van der Waals surface area contributed by atoms with Gasteiger partial charge in [0.1, 0.15) is 0 Å². The Hall–Kier alpha value is -0.570. The lowest BCUT2D eigenvalue weighted by Gasteiger charge is -2.30.